The van der Waals surface area contributed by atoms with Crippen LogP contribution in [0, 0.1) is 17.8 Å². The van der Waals surface area contributed by atoms with Gasteiger partial charge in [0.25, 0.3) is 0 Å². The second-order valence-electron chi connectivity index (χ2n) is 17.2. The van der Waals surface area contributed by atoms with Crippen LogP contribution in [-0.4, -0.2) is 166 Å². The number of rotatable bonds is 7. The van der Waals surface area contributed by atoms with Gasteiger partial charge in [0.2, 0.25) is 0 Å². The lowest BCUT2D eigenvalue weighted by Gasteiger charge is -2.48. The summed E-state index contributed by atoms with van der Waals surface area (Å²) in [6.07, 6.45) is -8.19. The Bertz CT molecular complexity index is 1140. The largest absolute Gasteiger partial charge is 0.459 e. The first-order chi connectivity index (χ1) is 23.9. The molecule has 314 valence electrons. The fourth-order valence-corrected chi connectivity index (χ4v) is 8.74. The minimum Gasteiger partial charge on any atom is -0.459 e. The lowest BCUT2D eigenvalue weighted by atomic mass is 9.77. The molecule has 18 atom stereocenters. The molecule has 5 N–H and O–H groups in total. The van der Waals surface area contributed by atoms with E-state index in [1.165, 1.54) is 14.0 Å². The second-order valence-corrected chi connectivity index (χ2v) is 17.2. The Kier molecular flexibility index (Phi) is 17.2. The summed E-state index contributed by atoms with van der Waals surface area (Å²) < 4.78 is 37.5. The summed E-state index contributed by atoms with van der Waals surface area (Å²) in [7, 11) is 7.12. The van der Waals surface area contributed by atoms with Gasteiger partial charge in [-0.1, -0.05) is 28.2 Å². The molecular weight excluding hydrogens is 688 g/mol. The maximum Gasteiger partial charge on any atom is 0.311 e. The molecule has 3 aliphatic rings. The smallest absolute Gasteiger partial charge is 0.311 e. The molecule has 0 aromatic rings. The first-order valence-corrected chi connectivity index (χ1v) is 19.1. The SMILES string of the molecule is C.CC[C@H]1OC(=O)[C@H](C)[C@@H](O[C@H]2C[C@@](C)(OC)[C@@H](O)[C@H](C)O2)[C@H](C)[C@@H](O[C@@H]2O[C@H](C)C[C@H](N(C)C)[C@H]2O)[C@](C)(O)C[C@H](C)CN(C)[C@H](C)[C@@H](O)[C@]1(C)O. The molecule has 3 saturated heterocycles. The third-order valence-electron chi connectivity index (χ3n) is 12.2. The van der Waals surface area contributed by atoms with Gasteiger partial charge < -0.3 is 63.8 Å². The third-order valence-corrected chi connectivity index (χ3v) is 12.2. The first-order valence-electron chi connectivity index (χ1n) is 19.1. The van der Waals surface area contributed by atoms with Crippen LogP contribution in [0.3, 0.4) is 0 Å². The molecule has 14 nitrogen and oxygen atoms in total. The maximum absolute atomic E-state index is 14.2. The minimum absolute atomic E-state index is 0. The number of cyclic esters (lactones) is 1. The fourth-order valence-electron chi connectivity index (χ4n) is 8.74. The van der Waals surface area contributed by atoms with Crippen LogP contribution in [0.15, 0.2) is 0 Å². The molecule has 0 saturated carbocycles. The van der Waals surface area contributed by atoms with Crippen molar-refractivity contribution in [1.29, 1.82) is 0 Å². The van der Waals surface area contributed by atoms with Crippen LogP contribution < -0.4 is 0 Å². The van der Waals surface area contributed by atoms with Crippen molar-refractivity contribution < 1.29 is 58.7 Å². The Labute approximate surface area is 319 Å². The summed E-state index contributed by atoms with van der Waals surface area (Å²) in [6.45, 7) is 18.0. The Morgan fingerprint density at radius 3 is 2.09 bits per heavy atom. The van der Waals surface area contributed by atoms with E-state index in [1.807, 2.05) is 51.7 Å². The number of esters is 1. The number of likely N-dealkylation sites (N-methyl/N-ethyl adjacent to an activating group) is 2. The van der Waals surface area contributed by atoms with Crippen LogP contribution in [0.5, 0.6) is 0 Å². The van der Waals surface area contributed by atoms with E-state index >= 15 is 0 Å². The zero-order chi connectivity index (χ0) is 39.7. The quantitative estimate of drug-likeness (QED) is 0.239. The van der Waals surface area contributed by atoms with E-state index in [2.05, 4.69) is 0 Å². The van der Waals surface area contributed by atoms with Crippen LogP contribution in [-0.2, 0) is 33.2 Å². The van der Waals surface area contributed by atoms with Gasteiger partial charge in [0.1, 0.15) is 30.0 Å². The van der Waals surface area contributed by atoms with Gasteiger partial charge in [-0.15, -0.1) is 0 Å². The molecular formula is C39H76N2O12. The summed E-state index contributed by atoms with van der Waals surface area (Å²) >= 11 is 0. The molecule has 3 rings (SSSR count). The number of hydrogen-bond donors (Lipinski definition) is 5. The van der Waals surface area contributed by atoms with E-state index in [4.69, 9.17) is 28.4 Å². The number of carbonyl (C=O) groups excluding carboxylic acids is 1. The summed E-state index contributed by atoms with van der Waals surface area (Å²) in [5.74, 6) is -2.58. The number of aliphatic hydroxyl groups excluding tert-OH is 3. The van der Waals surface area contributed by atoms with E-state index in [0.29, 0.717) is 13.0 Å². The number of methoxy groups -OCH3 is 1. The summed E-state index contributed by atoms with van der Waals surface area (Å²) in [5.41, 5.74) is -4.37. The van der Waals surface area contributed by atoms with E-state index in [0.717, 1.165) is 0 Å². The molecule has 3 aliphatic heterocycles. The average Bonchev–Trinajstić information content (AvgIpc) is 3.05. The molecule has 3 heterocycles. The standard InChI is InChI=1S/C38H72N2O12.CH4/c1-15-27-38(10,46)31(42)24(6)40(13)19-20(2)17-36(8,45)33(52-35-29(41)26(39(11)12)16-21(3)48-35)22(4)30(23(5)34(44)50-27)51-28-18-37(9,47-14)32(43)25(7)49-28;/h20-33,35,41-43,45-46H,15-19H2,1-14H3;1H4/t20-,21+,22-,23+,24+,25-,26-,27+,28-,29+,30-,31+,32-,33+,35-,36+,37+,38+;/m0./s1. The molecule has 0 aliphatic carbocycles. The van der Waals surface area contributed by atoms with Gasteiger partial charge in [0.15, 0.2) is 12.6 Å². The van der Waals surface area contributed by atoms with E-state index in [1.54, 1.807) is 41.5 Å². The number of nitrogens with zero attached hydrogens (tertiary/aromatic N) is 2. The molecule has 14 heteroatoms. The summed E-state index contributed by atoms with van der Waals surface area (Å²) in [4.78, 5) is 18.0. The highest BCUT2D eigenvalue weighted by atomic mass is 16.7. The van der Waals surface area contributed by atoms with Crippen molar-refractivity contribution in [2.24, 2.45) is 17.8 Å². The first kappa shape index (κ1) is 48.1. The van der Waals surface area contributed by atoms with Gasteiger partial charge in [0, 0.05) is 38.1 Å². The lowest BCUT2D eigenvalue weighted by molar-refractivity contribution is -0.318. The molecule has 53 heavy (non-hydrogen) atoms. The highest BCUT2D eigenvalue weighted by Crippen LogP contribution is 2.40. The number of aliphatic hydroxyl groups is 5. The van der Waals surface area contributed by atoms with Crippen molar-refractivity contribution in [3.05, 3.63) is 0 Å². The van der Waals surface area contributed by atoms with Crippen LogP contribution in [0.2, 0.25) is 0 Å². The zero-order valence-corrected chi connectivity index (χ0v) is 34.2. The molecule has 0 amide bonds. The zero-order valence-electron chi connectivity index (χ0n) is 34.2. The maximum atomic E-state index is 14.2. The summed E-state index contributed by atoms with van der Waals surface area (Å²) in [6, 6.07) is -0.808. The average molecular weight is 765 g/mol. The molecule has 0 spiro atoms. The highest BCUT2D eigenvalue weighted by molar-refractivity contribution is 5.73. The van der Waals surface area contributed by atoms with E-state index < -0.39 is 96.0 Å². The van der Waals surface area contributed by atoms with Gasteiger partial charge in [-0.2, -0.15) is 0 Å². The molecule has 3 fully saturated rings. The Hall–Kier alpha value is -1.01. The molecule has 0 aromatic heterocycles. The molecule has 0 bridgehead atoms. The second kappa shape index (κ2) is 19.0. The van der Waals surface area contributed by atoms with Crippen molar-refractivity contribution in [1.82, 2.24) is 9.80 Å². The van der Waals surface area contributed by atoms with Crippen LogP contribution in [0.25, 0.3) is 0 Å². The lowest BCUT2D eigenvalue weighted by Crippen LogP contribution is -2.60. The van der Waals surface area contributed by atoms with E-state index in [-0.39, 0.29) is 44.8 Å². The molecule has 0 unspecified atom stereocenters. The topological polar surface area (TPSA) is 180 Å². The molecule has 0 radical (unpaired) electrons. The van der Waals surface area contributed by atoms with Crippen LogP contribution >= 0.6 is 0 Å². The Balaban J connectivity index is 0.00000972. The van der Waals surface area contributed by atoms with Gasteiger partial charge in [-0.05, 0) is 94.8 Å². The highest BCUT2D eigenvalue weighted by Gasteiger charge is 2.52. The van der Waals surface area contributed by atoms with E-state index in [9.17, 15) is 30.3 Å². The number of ether oxygens (including phenoxy) is 6. The minimum atomic E-state index is -1.80. The van der Waals surface area contributed by atoms with Crippen LogP contribution in [0.1, 0.15) is 102 Å². The van der Waals surface area contributed by atoms with Crippen LogP contribution in [0.4, 0.5) is 0 Å². The fraction of sp³-hybridized carbons (Fsp3) is 0.974. The Morgan fingerprint density at radius 2 is 1.55 bits per heavy atom. The third kappa shape index (κ3) is 10.9. The van der Waals surface area contributed by atoms with Gasteiger partial charge >= 0.3 is 5.97 Å². The monoisotopic (exact) mass is 765 g/mol. The van der Waals surface area contributed by atoms with Crippen molar-refractivity contribution >= 4 is 5.97 Å². The number of carbonyl (C=O) groups is 1. The normalized spacial score (nSPS) is 48.7. The predicted molar refractivity (Wildman–Crippen MR) is 201 cm³/mol. The molecule has 0 aromatic carbocycles. The van der Waals surface area contributed by atoms with Gasteiger partial charge in [0.05, 0.1) is 41.5 Å². The summed E-state index contributed by atoms with van der Waals surface area (Å²) in [5, 5.41) is 58.1. The number of hydrogen-bond acceptors (Lipinski definition) is 14. The van der Waals surface area contributed by atoms with Gasteiger partial charge in [-0.25, -0.2) is 0 Å². The predicted octanol–water partition coefficient (Wildman–Crippen LogP) is 2.54. The van der Waals surface area contributed by atoms with Crippen molar-refractivity contribution in [2.45, 2.75) is 193 Å². The van der Waals surface area contributed by atoms with Gasteiger partial charge in [-0.3, -0.25) is 4.79 Å². The Morgan fingerprint density at radius 1 is 0.943 bits per heavy atom. The van der Waals surface area contributed by atoms with Crippen molar-refractivity contribution in [3.8, 4) is 0 Å². The van der Waals surface area contributed by atoms with Crippen molar-refractivity contribution in [3.63, 3.8) is 0 Å². The van der Waals surface area contributed by atoms with Crippen molar-refractivity contribution in [2.75, 3.05) is 34.8 Å².